The van der Waals surface area contributed by atoms with Crippen molar-refractivity contribution < 1.29 is 9.90 Å². The van der Waals surface area contributed by atoms with Gasteiger partial charge in [0.1, 0.15) is 6.04 Å². The number of nitrogens with zero attached hydrogens (tertiary/aromatic N) is 1. The normalized spacial score (nSPS) is 13.0. The minimum atomic E-state index is -0.908. The average molecular weight is 158 g/mol. The summed E-state index contributed by atoms with van der Waals surface area (Å²) in [4.78, 5) is 10.5. The van der Waals surface area contributed by atoms with E-state index in [9.17, 15) is 4.79 Å². The second kappa shape index (κ2) is 4.87. The molecule has 0 amide bonds. The van der Waals surface area contributed by atoms with E-state index in [1.54, 1.807) is 13.0 Å². The number of likely N-dealkylation sites (N-methyl/N-ethyl adjacent to an activating group) is 1. The summed E-state index contributed by atoms with van der Waals surface area (Å²) in [6, 6.07) is -0.641. The zero-order chi connectivity index (χ0) is 8.85. The van der Waals surface area contributed by atoms with Crippen LogP contribution in [-0.2, 0) is 4.79 Å². The monoisotopic (exact) mass is 158 g/mol. The first kappa shape index (κ1) is 10.1. The van der Waals surface area contributed by atoms with Gasteiger partial charge in [0.2, 0.25) is 0 Å². The Bertz CT molecular complexity index is 147. The molecule has 0 saturated heterocycles. The Morgan fingerprint density at radius 1 is 1.91 bits per heavy atom. The average Bonchev–Trinajstić information content (AvgIpc) is 1.98. The van der Waals surface area contributed by atoms with Gasteiger partial charge in [-0.1, -0.05) is 13.0 Å². The predicted octanol–water partition coefficient (Wildman–Crippen LogP) is 0.211. The number of hydrogen-bond acceptors (Lipinski definition) is 3. The van der Waals surface area contributed by atoms with Gasteiger partial charge in [0.05, 0.1) is 0 Å². The summed E-state index contributed by atoms with van der Waals surface area (Å²) in [6.07, 6.45) is 1.92. The number of carbonyl (C=O) groups is 1. The maximum Gasteiger partial charge on any atom is 0.322 e. The lowest BCUT2D eigenvalue weighted by molar-refractivity contribution is -0.143. The van der Waals surface area contributed by atoms with Crippen LogP contribution in [0.5, 0.6) is 0 Å². The molecule has 0 fully saturated rings. The van der Waals surface area contributed by atoms with Gasteiger partial charge in [0.15, 0.2) is 0 Å². The van der Waals surface area contributed by atoms with Gasteiger partial charge in [-0.25, -0.2) is 5.01 Å². The van der Waals surface area contributed by atoms with Crippen molar-refractivity contribution in [1.29, 1.82) is 0 Å². The molecule has 0 heterocycles. The Hall–Kier alpha value is -0.870. The van der Waals surface area contributed by atoms with Crippen LogP contribution < -0.4 is 5.84 Å². The smallest absolute Gasteiger partial charge is 0.322 e. The summed E-state index contributed by atoms with van der Waals surface area (Å²) in [5, 5.41) is 9.92. The number of rotatable bonds is 5. The van der Waals surface area contributed by atoms with E-state index in [0.29, 0.717) is 13.0 Å². The maximum atomic E-state index is 10.5. The highest BCUT2D eigenvalue weighted by Crippen LogP contribution is 1.99. The maximum absolute atomic E-state index is 10.5. The van der Waals surface area contributed by atoms with Gasteiger partial charge in [-0.15, -0.1) is 6.58 Å². The lowest BCUT2D eigenvalue weighted by Crippen LogP contribution is -2.45. The summed E-state index contributed by atoms with van der Waals surface area (Å²) in [5.74, 6) is 4.50. The quantitative estimate of drug-likeness (QED) is 0.341. The molecule has 0 aromatic carbocycles. The number of hydrogen-bond donors (Lipinski definition) is 2. The van der Waals surface area contributed by atoms with E-state index < -0.39 is 12.0 Å². The zero-order valence-electron chi connectivity index (χ0n) is 6.66. The summed E-state index contributed by atoms with van der Waals surface area (Å²) in [5.41, 5.74) is 0. The highest BCUT2D eigenvalue weighted by molar-refractivity contribution is 5.73. The molecule has 0 aromatic rings. The van der Waals surface area contributed by atoms with Gasteiger partial charge in [-0.2, -0.15) is 0 Å². The van der Waals surface area contributed by atoms with E-state index in [0.717, 1.165) is 0 Å². The Kier molecular flexibility index (Phi) is 4.49. The molecular weight excluding hydrogens is 144 g/mol. The van der Waals surface area contributed by atoms with Crippen LogP contribution in [0.15, 0.2) is 12.7 Å². The molecule has 0 aliphatic carbocycles. The first-order chi connectivity index (χ1) is 5.13. The van der Waals surface area contributed by atoms with Crippen LogP contribution in [0.3, 0.4) is 0 Å². The first-order valence-corrected chi connectivity index (χ1v) is 3.48. The molecule has 0 radical (unpaired) electrons. The van der Waals surface area contributed by atoms with Crippen molar-refractivity contribution >= 4 is 5.97 Å². The summed E-state index contributed by atoms with van der Waals surface area (Å²) in [7, 11) is 0. The Morgan fingerprint density at radius 2 is 2.45 bits per heavy atom. The van der Waals surface area contributed by atoms with Crippen LogP contribution in [-0.4, -0.2) is 28.7 Å². The van der Waals surface area contributed by atoms with Gasteiger partial charge in [0.25, 0.3) is 0 Å². The third kappa shape index (κ3) is 3.15. The highest BCUT2D eigenvalue weighted by atomic mass is 16.4. The van der Waals surface area contributed by atoms with E-state index in [4.69, 9.17) is 10.9 Å². The van der Waals surface area contributed by atoms with Gasteiger partial charge in [-0.05, 0) is 6.42 Å². The van der Waals surface area contributed by atoms with Gasteiger partial charge >= 0.3 is 5.97 Å². The highest BCUT2D eigenvalue weighted by Gasteiger charge is 2.19. The SMILES string of the molecule is C=CCC(C(=O)O)N(N)CC. The van der Waals surface area contributed by atoms with Gasteiger partial charge in [0, 0.05) is 6.54 Å². The van der Waals surface area contributed by atoms with Crippen LogP contribution in [0.2, 0.25) is 0 Å². The molecule has 0 aliphatic heterocycles. The molecule has 0 bridgehead atoms. The molecule has 4 nitrogen and oxygen atoms in total. The van der Waals surface area contributed by atoms with Crippen LogP contribution in [0.4, 0.5) is 0 Å². The van der Waals surface area contributed by atoms with Gasteiger partial charge < -0.3 is 5.11 Å². The summed E-state index contributed by atoms with van der Waals surface area (Å²) in [6.45, 7) is 5.78. The summed E-state index contributed by atoms with van der Waals surface area (Å²) < 4.78 is 0. The minimum absolute atomic E-state index is 0.375. The zero-order valence-corrected chi connectivity index (χ0v) is 6.66. The molecule has 0 rings (SSSR count). The van der Waals surface area contributed by atoms with Crippen LogP contribution in [0.25, 0.3) is 0 Å². The second-order valence-corrected chi connectivity index (χ2v) is 2.21. The van der Waals surface area contributed by atoms with Crippen molar-refractivity contribution in [2.75, 3.05) is 6.54 Å². The van der Waals surface area contributed by atoms with E-state index in [-0.39, 0.29) is 0 Å². The first-order valence-electron chi connectivity index (χ1n) is 3.48. The van der Waals surface area contributed by atoms with Crippen molar-refractivity contribution in [1.82, 2.24) is 5.01 Å². The molecule has 3 N–H and O–H groups in total. The Morgan fingerprint density at radius 3 is 2.73 bits per heavy atom. The molecular formula is C7H14N2O2. The third-order valence-electron chi connectivity index (χ3n) is 1.44. The van der Waals surface area contributed by atoms with Gasteiger partial charge in [-0.3, -0.25) is 10.6 Å². The number of hydrazine groups is 1. The number of carboxylic acids is 1. The molecule has 0 aromatic heterocycles. The van der Waals surface area contributed by atoms with E-state index in [1.807, 2.05) is 0 Å². The van der Waals surface area contributed by atoms with Crippen molar-refractivity contribution in [2.24, 2.45) is 5.84 Å². The number of carboxylic acid groups (broad SMARTS) is 1. The van der Waals surface area contributed by atoms with Crippen LogP contribution in [0.1, 0.15) is 13.3 Å². The van der Waals surface area contributed by atoms with Crippen LogP contribution >= 0.6 is 0 Å². The van der Waals surface area contributed by atoms with E-state index >= 15 is 0 Å². The third-order valence-corrected chi connectivity index (χ3v) is 1.44. The molecule has 0 saturated carbocycles. The Labute approximate surface area is 66.3 Å². The van der Waals surface area contributed by atoms with Crippen molar-refractivity contribution in [3.63, 3.8) is 0 Å². The fourth-order valence-corrected chi connectivity index (χ4v) is 0.756. The topological polar surface area (TPSA) is 66.6 Å². The standard InChI is InChI=1S/C7H14N2O2/c1-3-5-6(7(10)11)9(8)4-2/h3,6H,1,4-5,8H2,2H3,(H,10,11). The minimum Gasteiger partial charge on any atom is -0.480 e. The van der Waals surface area contributed by atoms with Crippen molar-refractivity contribution in [3.8, 4) is 0 Å². The molecule has 4 heteroatoms. The van der Waals surface area contributed by atoms with Crippen molar-refractivity contribution in [2.45, 2.75) is 19.4 Å². The fourth-order valence-electron chi connectivity index (χ4n) is 0.756. The molecule has 11 heavy (non-hydrogen) atoms. The van der Waals surface area contributed by atoms with E-state index in [1.165, 1.54) is 5.01 Å². The fraction of sp³-hybridized carbons (Fsp3) is 0.571. The number of aliphatic carboxylic acids is 1. The van der Waals surface area contributed by atoms with E-state index in [2.05, 4.69) is 6.58 Å². The molecule has 64 valence electrons. The Balaban J connectivity index is 4.08. The molecule has 1 unspecified atom stereocenters. The lowest BCUT2D eigenvalue weighted by Gasteiger charge is -2.20. The lowest BCUT2D eigenvalue weighted by atomic mass is 10.2. The van der Waals surface area contributed by atoms with Crippen molar-refractivity contribution in [3.05, 3.63) is 12.7 Å². The predicted molar refractivity (Wildman–Crippen MR) is 42.8 cm³/mol. The van der Waals surface area contributed by atoms with Crippen LogP contribution in [0, 0.1) is 0 Å². The summed E-state index contributed by atoms with van der Waals surface area (Å²) >= 11 is 0. The molecule has 0 aliphatic rings. The molecule has 1 atom stereocenters. The largest absolute Gasteiger partial charge is 0.480 e. The number of nitrogens with two attached hydrogens (primary N) is 1. The molecule has 0 spiro atoms. The second-order valence-electron chi connectivity index (χ2n) is 2.21.